The second kappa shape index (κ2) is 6.29. The highest BCUT2D eigenvalue weighted by Crippen LogP contribution is 2.15. The minimum absolute atomic E-state index is 0.240. The van der Waals surface area contributed by atoms with Gasteiger partial charge in [0.15, 0.2) is 0 Å². The molecular formula is C15H18N2O2. The Morgan fingerprint density at radius 3 is 2.95 bits per heavy atom. The van der Waals surface area contributed by atoms with Crippen LogP contribution >= 0.6 is 0 Å². The van der Waals surface area contributed by atoms with Crippen LogP contribution in [0.25, 0.3) is 10.9 Å². The van der Waals surface area contributed by atoms with Crippen molar-refractivity contribution in [3.05, 3.63) is 42.1 Å². The number of nitrogens with one attached hydrogen (secondary N) is 1. The molecule has 0 radical (unpaired) electrons. The van der Waals surface area contributed by atoms with Crippen LogP contribution in [0.4, 0.5) is 0 Å². The molecule has 0 amide bonds. The van der Waals surface area contributed by atoms with E-state index in [0.717, 1.165) is 17.3 Å². The fraction of sp³-hybridized carbons (Fsp3) is 0.333. The highest BCUT2D eigenvalue weighted by Gasteiger charge is 2.11. The number of hydrogen-bond acceptors (Lipinski definition) is 4. The Hall–Kier alpha value is -1.94. The molecule has 1 aromatic heterocycles. The first-order chi connectivity index (χ1) is 9.22. The number of nitrogens with zero attached hydrogens (tertiary/aromatic N) is 1. The van der Waals surface area contributed by atoms with E-state index in [1.165, 1.54) is 12.7 Å². The molecule has 0 saturated heterocycles. The lowest BCUT2D eigenvalue weighted by Gasteiger charge is -2.11. The van der Waals surface area contributed by atoms with Crippen LogP contribution in [0, 0.1) is 0 Å². The number of benzene rings is 1. The molecule has 1 heterocycles. The van der Waals surface area contributed by atoms with Crippen molar-refractivity contribution >= 4 is 16.9 Å². The van der Waals surface area contributed by atoms with Crippen LogP contribution in [0.3, 0.4) is 0 Å². The van der Waals surface area contributed by atoms with E-state index < -0.39 is 0 Å². The lowest BCUT2D eigenvalue weighted by molar-refractivity contribution is -0.142. The van der Waals surface area contributed by atoms with E-state index in [4.69, 9.17) is 0 Å². The Morgan fingerprint density at radius 2 is 2.16 bits per heavy atom. The Morgan fingerprint density at radius 1 is 1.37 bits per heavy atom. The largest absolute Gasteiger partial charge is 0.468 e. The minimum atomic E-state index is -0.284. The van der Waals surface area contributed by atoms with Gasteiger partial charge in [0.25, 0.3) is 0 Å². The molecular weight excluding hydrogens is 240 g/mol. The lowest BCUT2D eigenvalue weighted by Crippen LogP contribution is -2.36. The van der Waals surface area contributed by atoms with Gasteiger partial charge < -0.3 is 10.1 Å². The number of rotatable bonds is 5. The van der Waals surface area contributed by atoms with E-state index in [2.05, 4.69) is 33.2 Å². The summed E-state index contributed by atoms with van der Waals surface area (Å²) >= 11 is 0. The Labute approximate surface area is 112 Å². The molecule has 100 valence electrons. The molecule has 1 N–H and O–H groups in total. The molecule has 0 spiro atoms. The second-order valence-corrected chi connectivity index (χ2v) is 4.44. The topological polar surface area (TPSA) is 51.2 Å². The quantitative estimate of drug-likeness (QED) is 0.833. The summed E-state index contributed by atoms with van der Waals surface area (Å²) in [6, 6.07) is 9.85. The first kappa shape index (κ1) is 13.5. The molecule has 19 heavy (non-hydrogen) atoms. The summed E-state index contributed by atoms with van der Waals surface area (Å²) in [5, 5.41) is 4.28. The zero-order chi connectivity index (χ0) is 13.7. The first-order valence-electron chi connectivity index (χ1n) is 6.36. The third-order valence-corrected chi connectivity index (χ3v) is 3.12. The van der Waals surface area contributed by atoms with Crippen LogP contribution in [-0.2, 0) is 16.0 Å². The van der Waals surface area contributed by atoms with E-state index in [1.54, 1.807) is 13.1 Å². The Balaban J connectivity index is 2.00. The molecule has 4 heteroatoms. The van der Waals surface area contributed by atoms with E-state index in [9.17, 15) is 4.79 Å². The second-order valence-electron chi connectivity index (χ2n) is 4.44. The molecule has 2 aromatic rings. The molecule has 1 atom stereocenters. The number of carbonyl (C=O) groups is 1. The van der Waals surface area contributed by atoms with Crippen molar-refractivity contribution in [2.24, 2.45) is 0 Å². The summed E-state index contributed by atoms with van der Waals surface area (Å²) in [4.78, 5) is 15.7. The average Bonchev–Trinajstić information content (AvgIpc) is 2.46. The fourth-order valence-corrected chi connectivity index (χ4v) is 2.05. The van der Waals surface area contributed by atoms with Gasteiger partial charge in [0, 0.05) is 18.1 Å². The van der Waals surface area contributed by atoms with Crippen LogP contribution in [0.5, 0.6) is 0 Å². The minimum Gasteiger partial charge on any atom is -0.468 e. The zero-order valence-electron chi connectivity index (χ0n) is 11.2. The lowest BCUT2D eigenvalue weighted by atomic mass is 10.1. The van der Waals surface area contributed by atoms with Crippen molar-refractivity contribution in [1.82, 2.24) is 10.3 Å². The number of fused-ring (bicyclic) bond motifs is 1. The van der Waals surface area contributed by atoms with E-state index >= 15 is 0 Å². The number of pyridine rings is 1. The number of aromatic nitrogens is 1. The number of hydrogen-bond donors (Lipinski definition) is 1. The van der Waals surface area contributed by atoms with Crippen molar-refractivity contribution in [3.8, 4) is 0 Å². The van der Waals surface area contributed by atoms with Crippen LogP contribution in [0.15, 0.2) is 36.5 Å². The summed E-state index contributed by atoms with van der Waals surface area (Å²) in [5.41, 5.74) is 2.21. The molecule has 0 bridgehead atoms. The van der Waals surface area contributed by atoms with Gasteiger partial charge in [-0.3, -0.25) is 9.78 Å². The highest BCUT2D eigenvalue weighted by atomic mass is 16.5. The molecule has 0 saturated carbocycles. The summed E-state index contributed by atoms with van der Waals surface area (Å²) in [7, 11) is 1.40. The van der Waals surface area contributed by atoms with Crippen molar-refractivity contribution in [2.45, 2.75) is 19.4 Å². The Kier molecular flexibility index (Phi) is 4.47. The molecule has 1 unspecified atom stereocenters. The monoisotopic (exact) mass is 258 g/mol. The van der Waals surface area contributed by atoms with Gasteiger partial charge in [-0.15, -0.1) is 0 Å². The molecule has 0 aliphatic carbocycles. The number of para-hydroxylation sites is 1. The van der Waals surface area contributed by atoms with Gasteiger partial charge in [-0.25, -0.2) is 0 Å². The predicted octanol–water partition coefficient (Wildman–Crippen LogP) is 1.93. The number of carbonyl (C=O) groups excluding carboxylic acids is 1. The summed E-state index contributed by atoms with van der Waals surface area (Å²) in [5.74, 6) is -0.240. The maximum Gasteiger partial charge on any atom is 0.322 e. The van der Waals surface area contributed by atoms with Crippen LogP contribution in [-0.4, -0.2) is 30.6 Å². The number of methoxy groups -OCH3 is 1. The van der Waals surface area contributed by atoms with Crippen molar-refractivity contribution in [3.63, 3.8) is 0 Å². The maximum absolute atomic E-state index is 11.3. The van der Waals surface area contributed by atoms with Gasteiger partial charge in [0.1, 0.15) is 6.04 Å². The van der Waals surface area contributed by atoms with Gasteiger partial charge >= 0.3 is 5.97 Å². The molecule has 0 fully saturated rings. The first-order valence-corrected chi connectivity index (χ1v) is 6.36. The van der Waals surface area contributed by atoms with Gasteiger partial charge in [-0.2, -0.15) is 0 Å². The predicted molar refractivity (Wildman–Crippen MR) is 74.9 cm³/mol. The van der Waals surface area contributed by atoms with E-state index in [-0.39, 0.29) is 12.0 Å². The van der Waals surface area contributed by atoms with Gasteiger partial charge in [0.05, 0.1) is 12.6 Å². The SMILES string of the molecule is COC(=O)C(C)NCCc1cccc2cccnc12. The third kappa shape index (κ3) is 3.29. The number of esters is 1. The smallest absolute Gasteiger partial charge is 0.322 e. The summed E-state index contributed by atoms with van der Waals surface area (Å²) < 4.78 is 4.67. The molecule has 0 aliphatic rings. The third-order valence-electron chi connectivity index (χ3n) is 3.12. The van der Waals surface area contributed by atoms with Crippen molar-refractivity contribution in [2.75, 3.05) is 13.7 Å². The maximum atomic E-state index is 11.3. The summed E-state index contributed by atoms with van der Waals surface area (Å²) in [6.45, 7) is 2.51. The normalized spacial score (nSPS) is 12.3. The van der Waals surface area contributed by atoms with Gasteiger partial charge in [-0.05, 0) is 25.0 Å². The summed E-state index contributed by atoms with van der Waals surface area (Å²) in [6.07, 6.45) is 2.63. The van der Waals surface area contributed by atoms with E-state index in [0.29, 0.717) is 6.54 Å². The zero-order valence-corrected chi connectivity index (χ0v) is 11.2. The highest BCUT2D eigenvalue weighted by molar-refractivity contribution is 5.81. The molecule has 2 rings (SSSR count). The van der Waals surface area contributed by atoms with Crippen molar-refractivity contribution < 1.29 is 9.53 Å². The molecule has 4 nitrogen and oxygen atoms in total. The molecule has 0 aliphatic heterocycles. The van der Waals surface area contributed by atoms with Gasteiger partial charge in [-0.1, -0.05) is 24.3 Å². The van der Waals surface area contributed by atoms with Crippen LogP contribution < -0.4 is 5.32 Å². The Bertz CT molecular complexity index is 564. The van der Waals surface area contributed by atoms with Crippen molar-refractivity contribution in [1.29, 1.82) is 0 Å². The average molecular weight is 258 g/mol. The fourth-order valence-electron chi connectivity index (χ4n) is 2.05. The number of ether oxygens (including phenoxy) is 1. The van der Waals surface area contributed by atoms with Crippen LogP contribution in [0.1, 0.15) is 12.5 Å². The molecule has 1 aromatic carbocycles. The standard InChI is InChI=1S/C15H18N2O2/c1-11(15(18)19-2)16-10-8-13-6-3-5-12-7-4-9-17-14(12)13/h3-7,9,11,16H,8,10H2,1-2H3. The van der Waals surface area contributed by atoms with E-state index in [1.807, 2.05) is 12.1 Å². The van der Waals surface area contributed by atoms with Crippen LogP contribution in [0.2, 0.25) is 0 Å². The van der Waals surface area contributed by atoms with Gasteiger partial charge in [0.2, 0.25) is 0 Å².